The highest BCUT2D eigenvalue weighted by atomic mass is 19.2. The number of aryl methyl sites for hydroxylation is 1. The fourth-order valence-corrected chi connectivity index (χ4v) is 3.13. The van der Waals surface area contributed by atoms with Crippen molar-refractivity contribution in [2.75, 3.05) is 36.4 Å². The molecule has 8 nitrogen and oxygen atoms in total. The zero-order valence-corrected chi connectivity index (χ0v) is 16.5. The number of aromatic nitrogens is 3. The first-order chi connectivity index (χ1) is 14.4. The number of urea groups is 1. The van der Waals surface area contributed by atoms with Crippen molar-refractivity contribution in [3.05, 3.63) is 53.4 Å². The Morgan fingerprint density at radius 2 is 1.87 bits per heavy atom. The van der Waals surface area contributed by atoms with Crippen molar-refractivity contribution in [1.82, 2.24) is 20.0 Å². The molecule has 0 saturated carbocycles. The van der Waals surface area contributed by atoms with Crippen molar-refractivity contribution in [2.45, 2.75) is 13.8 Å². The fraction of sp³-hybridized carbons (Fsp3) is 0.300. The number of piperazine rings is 1. The minimum atomic E-state index is -0.926. The molecule has 0 aliphatic carbocycles. The maximum absolute atomic E-state index is 13.5. The Morgan fingerprint density at radius 1 is 1.10 bits per heavy atom. The van der Waals surface area contributed by atoms with Crippen LogP contribution in [0.4, 0.5) is 25.4 Å². The van der Waals surface area contributed by atoms with Gasteiger partial charge in [0.2, 0.25) is 11.8 Å². The van der Waals surface area contributed by atoms with E-state index < -0.39 is 11.6 Å². The molecule has 10 heteroatoms. The minimum Gasteiger partial charge on any atom is -0.338 e. The summed E-state index contributed by atoms with van der Waals surface area (Å²) in [5.74, 6) is -1.01. The molecule has 1 fully saturated rings. The van der Waals surface area contributed by atoms with E-state index in [4.69, 9.17) is 4.52 Å². The van der Waals surface area contributed by atoms with Crippen LogP contribution in [0.3, 0.4) is 0 Å². The van der Waals surface area contributed by atoms with Gasteiger partial charge in [-0.3, -0.25) is 5.32 Å². The van der Waals surface area contributed by atoms with Gasteiger partial charge in [0.25, 0.3) is 0 Å². The molecule has 0 atom stereocenters. The van der Waals surface area contributed by atoms with Crippen molar-refractivity contribution in [3.63, 3.8) is 0 Å². The van der Waals surface area contributed by atoms with Crippen LogP contribution in [0.15, 0.2) is 35.0 Å². The van der Waals surface area contributed by atoms with E-state index in [0.29, 0.717) is 49.3 Å². The number of amides is 2. The topological polar surface area (TPSA) is 87.4 Å². The molecule has 156 valence electrons. The van der Waals surface area contributed by atoms with Crippen molar-refractivity contribution in [3.8, 4) is 11.3 Å². The number of nitrogens with zero attached hydrogens (tertiary/aromatic N) is 5. The van der Waals surface area contributed by atoms with E-state index in [2.05, 4.69) is 20.4 Å². The van der Waals surface area contributed by atoms with Gasteiger partial charge >= 0.3 is 6.03 Å². The zero-order valence-electron chi connectivity index (χ0n) is 16.5. The molecule has 3 aromatic rings. The van der Waals surface area contributed by atoms with Gasteiger partial charge in [-0.25, -0.2) is 23.5 Å². The molecule has 1 aromatic carbocycles. The Kier molecular flexibility index (Phi) is 5.30. The third-order valence-corrected chi connectivity index (χ3v) is 5.09. The Labute approximate surface area is 171 Å². The Bertz CT molecular complexity index is 1080. The number of nitrogens with one attached hydrogen (secondary N) is 1. The van der Waals surface area contributed by atoms with Gasteiger partial charge in [0.15, 0.2) is 11.6 Å². The summed E-state index contributed by atoms with van der Waals surface area (Å²) in [6.45, 7) is 5.64. The monoisotopic (exact) mass is 414 g/mol. The molecule has 0 spiro atoms. The van der Waals surface area contributed by atoms with Crippen LogP contribution in [0, 0.1) is 25.5 Å². The van der Waals surface area contributed by atoms with Gasteiger partial charge < -0.3 is 14.3 Å². The first kappa shape index (κ1) is 19.7. The van der Waals surface area contributed by atoms with Gasteiger partial charge in [0.05, 0.1) is 11.4 Å². The first-order valence-corrected chi connectivity index (χ1v) is 9.44. The minimum absolute atomic E-state index is 0.259. The third-order valence-electron chi connectivity index (χ3n) is 5.09. The normalized spacial score (nSPS) is 14.1. The molecule has 1 N–H and O–H groups in total. The molecule has 1 saturated heterocycles. The molecule has 1 aliphatic heterocycles. The van der Waals surface area contributed by atoms with E-state index in [9.17, 15) is 13.6 Å². The second kappa shape index (κ2) is 8.05. The van der Waals surface area contributed by atoms with Gasteiger partial charge in [-0.15, -0.1) is 0 Å². The maximum Gasteiger partial charge on any atom is 0.324 e. The highest BCUT2D eigenvalue weighted by Crippen LogP contribution is 2.22. The molecule has 4 rings (SSSR count). The van der Waals surface area contributed by atoms with Crippen LogP contribution in [0.25, 0.3) is 11.3 Å². The van der Waals surface area contributed by atoms with Crippen LogP contribution in [0.1, 0.15) is 11.3 Å². The number of halogens is 2. The van der Waals surface area contributed by atoms with Gasteiger partial charge in [-0.1, -0.05) is 5.16 Å². The summed E-state index contributed by atoms with van der Waals surface area (Å²) in [4.78, 5) is 24.9. The average Bonchev–Trinajstić information content (AvgIpc) is 3.08. The van der Waals surface area contributed by atoms with E-state index >= 15 is 0 Å². The largest absolute Gasteiger partial charge is 0.338 e. The van der Waals surface area contributed by atoms with E-state index in [1.165, 1.54) is 6.07 Å². The van der Waals surface area contributed by atoms with Crippen molar-refractivity contribution < 1.29 is 18.1 Å². The van der Waals surface area contributed by atoms with Crippen molar-refractivity contribution in [2.24, 2.45) is 0 Å². The predicted molar refractivity (Wildman–Crippen MR) is 106 cm³/mol. The predicted octanol–water partition coefficient (Wildman–Crippen LogP) is 3.38. The molecule has 0 bridgehead atoms. The molecule has 1 aliphatic rings. The second-order valence-corrected chi connectivity index (χ2v) is 7.00. The number of hydrogen-bond acceptors (Lipinski definition) is 6. The van der Waals surface area contributed by atoms with Crippen LogP contribution in [0.5, 0.6) is 0 Å². The van der Waals surface area contributed by atoms with E-state index in [1.807, 2.05) is 18.7 Å². The summed E-state index contributed by atoms with van der Waals surface area (Å²) in [6.07, 6.45) is 1.58. The van der Waals surface area contributed by atoms with Gasteiger partial charge in [0, 0.05) is 43.5 Å². The summed E-state index contributed by atoms with van der Waals surface area (Å²) in [5, 5.41) is 6.57. The lowest BCUT2D eigenvalue weighted by atomic mass is 10.1. The third kappa shape index (κ3) is 3.93. The average molecular weight is 414 g/mol. The van der Waals surface area contributed by atoms with Crippen LogP contribution < -0.4 is 10.2 Å². The molecule has 30 heavy (non-hydrogen) atoms. The quantitative estimate of drug-likeness (QED) is 0.707. The summed E-state index contributed by atoms with van der Waals surface area (Å²) in [6, 6.07) is 5.03. The highest BCUT2D eigenvalue weighted by molar-refractivity contribution is 5.88. The number of carbonyl (C=O) groups excluding carboxylic acids is 1. The van der Waals surface area contributed by atoms with Gasteiger partial charge in [-0.2, -0.15) is 0 Å². The molecule has 2 amide bonds. The summed E-state index contributed by atoms with van der Waals surface area (Å²) < 4.78 is 31.9. The SMILES string of the molecule is Cc1noc(NC(=O)N2CCN(c3nccc(-c4ccc(F)c(F)c4)n3)CC2)c1C. The summed E-state index contributed by atoms with van der Waals surface area (Å²) >= 11 is 0. The van der Waals surface area contributed by atoms with Gasteiger partial charge in [0.1, 0.15) is 0 Å². The lowest BCUT2D eigenvalue weighted by Gasteiger charge is -2.34. The molecule has 2 aromatic heterocycles. The first-order valence-electron chi connectivity index (χ1n) is 9.44. The molecule has 0 radical (unpaired) electrons. The number of anilines is 2. The van der Waals surface area contributed by atoms with E-state index in [1.54, 1.807) is 17.2 Å². The number of carbonyl (C=O) groups is 1. The summed E-state index contributed by atoms with van der Waals surface area (Å²) in [5.41, 5.74) is 2.49. The Balaban J connectivity index is 1.41. The number of benzene rings is 1. The lowest BCUT2D eigenvalue weighted by Crippen LogP contribution is -2.50. The highest BCUT2D eigenvalue weighted by Gasteiger charge is 2.24. The van der Waals surface area contributed by atoms with Crippen LogP contribution >= 0.6 is 0 Å². The van der Waals surface area contributed by atoms with E-state index in [0.717, 1.165) is 23.4 Å². The number of hydrogen-bond donors (Lipinski definition) is 1. The molecule has 0 unspecified atom stereocenters. The Morgan fingerprint density at radius 3 is 2.53 bits per heavy atom. The Hall–Kier alpha value is -3.56. The van der Waals surface area contributed by atoms with Gasteiger partial charge in [-0.05, 0) is 38.1 Å². The number of rotatable bonds is 3. The van der Waals surface area contributed by atoms with E-state index in [-0.39, 0.29) is 6.03 Å². The van der Waals surface area contributed by atoms with Crippen LogP contribution in [-0.2, 0) is 0 Å². The van der Waals surface area contributed by atoms with Crippen molar-refractivity contribution in [1.29, 1.82) is 0 Å². The van der Waals surface area contributed by atoms with Crippen LogP contribution in [0.2, 0.25) is 0 Å². The zero-order chi connectivity index (χ0) is 21.3. The second-order valence-electron chi connectivity index (χ2n) is 7.00. The van der Waals surface area contributed by atoms with Crippen molar-refractivity contribution >= 4 is 17.9 Å². The summed E-state index contributed by atoms with van der Waals surface area (Å²) in [7, 11) is 0. The fourth-order valence-electron chi connectivity index (χ4n) is 3.13. The lowest BCUT2D eigenvalue weighted by molar-refractivity contribution is 0.207. The molecule has 3 heterocycles. The smallest absolute Gasteiger partial charge is 0.324 e. The molecular formula is C20H20F2N6O2. The molecular weight excluding hydrogens is 394 g/mol. The standard InChI is InChI=1S/C20H20F2N6O2/c1-12-13(2)26-30-18(12)25-20(29)28-9-7-27(8-10-28)19-23-6-5-17(24-19)14-3-4-15(21)16(22)11-14/h3-6,11H,7-10H2,1-2H3,(H,25,29). The maximum atomic E-state index is 13.5. The van der Waals surface area contributed by atoms with Crippen LogP contribution in [-0.4, -0.2) is 52.2 Å².